The lowest BCUT2D eigenvalue weighted by atomic mass is 9.48. The summed E-state index contributed by atoms with van der Waals surface area (Å²) in [6, 6.07) is 1.33. The topological polar surface area (TPSA) is 6.48 Å². The van der Waals surface area contributed by atoms with Gasteiger partial charge in [-0.1, -0.05) is 37.1 Å². The Morgan fingerprint density at radius 3 is 2.37 bits per heavy atom. The SMILES string of the molecule is CC([C@H]1CC=C2C3CCC4=C[C@@H](N(C)C)CC[C@]4(C)C3CC[C@@]21C)N(C)C. The number of hydrogen-bond donors (Lipinski definition) is 0. The van der Waals surface area contributed by atoms with Crippen molar-refractivity contribution >= 4 is 0 Å². The maximum atomic E-state index is 2.70. The van der Waals surface area contributed by atoms with Crippen LogP contribution in [-0.2, 0) is 0 Å². The number of hydrogen-bond acceptors (Lipinski definition) is 2. The van der Waals surface area contributed by atoms with Crippen LogP contribution in [0.5, 0.6) is 0 Å². The molecule has 0 aliphatic heterocycles. The molecule has 0 N–H and O–H groups in total. The van der Waals surface area contributed by atoms with Crippen molar-refractivity contribution in [3.05, 3.63) is 23.3 Å². The van der Waals surface area contributed by atoms with Gasteiger partial charge in [0.15, 0.2) is 0 Å². The molecule has 2 heteroatoms. The maximum absolute atomic E-state index is 2.70. The van der Waals surface area contributed by atoms with E-state index in [1.54, 1.807) is 5.57 Å². The summed E-state index contributed by atoms with van der Waals surface area (Å²) in [5, 5.41) is 0. The molecule has 0 amide bonds. The van der Waals surface area contributed by atoms with Gasteiger partial charge in [0.2, 0.25) is 0 Å². The first-order valence-electron chi connectivity index (χ1n) is 11.4. The van der Waals surface area contributed by atoms with E-state index in [0.29, 0.717) is 22.9 Å². The highest BCUT2D eigenvalue weighted by Gasteiger charge is 2.56. The molecule has 152 valence electrons. The van der Waals surface area contributed by atoms with Crippen LogP contribution in [0.2, 0.25) is 0 Å². The zero-order valence-corrected chi connectivity index (χ0v) is 18.9. The average molecular weight is 371 g/mol. The molecule has 3 unspecified atom stereocenters. The third kappa shape index (κ3) is 2.89. The molecule has 7 atom stereocenters. The Kier molecular flexibility index (Phi) is 4.91. The molecule has 4 rings (SSSR count). The Labute approximate surface area is 168 Å². The lowest BCUT2D eigenvalue weighted by molar-refractivity contribution is 0.0200. The molecule has 0 spiro atoms. The van der Waals surface area contributed by atoms with Crippen LogP contribution in [0.1, 0.15) is 65.7 Å². The van der Waals surface area contributed by atoms with Gasteiger partial charge in [-0.15, -0.1) is 0 Å². The highest BCUT2D eigenvalue weighted by molar-refractivity contribution is 5.34. The summed E-state index contributed by atoms with van der Waals surface area (Å²) < 4.78 is 0. The number of allylic oxidation sites excluding steroid dienone is 3. The predicted octanol–water partition coefficient (Wildman–Crippen LogP) is 5.37. The van der Waals surface area contributed by atoms with Crippen LogP contribution in [0.4, 0.5) is 0 Å². The first-order valence-corrected chi connectivity index (χ1v) is 11.4. The van der Waals surface area contributed by atoms with Gasteiger partial charge in [-0.05, 0) is 109 Å². The first kappa shape index (κ1) is 19.7. The maximum Gasteiger partial charge on any atom is 0.0275 e. The van der Waals surface area contributed by atoms with Gasteiger partial charge >= 0.3 is 0 Å². The van der Waals surface area contributed by atoms with Gasteiger partial charge in [0, 0.05) is 12.1 Å². The summed E-state index contributed by atoms with van der Waals surface area (Å²) in [7, 11) is 9.02. The Balaban J connectivity index is 1.61. The molecular weight excluding hydrogens is 328 g/mol. The van der Waals surface area contributed by atoms with Gasteiger partial charge in [0.05, 0.1) is 0 Å². The van der Waals surface area contributed by atoms with Gasteiger partial charge < -0.3 is 9.80 Å². The van der Waals surface area contributed by atoms with Gasteiger partial charge in [0.25, 0.3) is 0 Å². The zero-order valence-electron chi connectivity index (χ0n) is 18.9. The van der Waals surface area contributed by atoms with Crippen LogP contribution < -0.4 is 0 Å². The molecule has 2 fully saturated rings. The van der Waals surface area contributed by atoms with Crippen molar-refractivity contribution in [3.63, 3.8) is 0 Å². The molecule has 0 aromatic carbocycles. The lowest BCUT2D eigenvalue weighted by Gasteiger charge is -2.58. The molecule has 0 heterocycles. The molecule has 0 bridgehead atoms. The van der Waals surface area contributed by atoms with Gasteiger partial charge in [-0.2, -0.15) is 0 Å². The highest BCUT2D eigenvalue weighted by Crippen LogP contribution is 2.65. The Hall–Kier alpha value is -0.600. The smallest absolute Gasteiger partial charge is 0.0275 e. The van der Waals surface area contributed by atoms with E-state index in [1.807, 2.05) is 5.57 Å². The Bertz CT molecular complexity index is 645. The van der Waals surface area contributed by atoms with Crippen LogP contribution in [0.3, 0.4) is 0 Å². The van der Waals surface area contributed by atoms with Crippen molar-refractivity contribution in [2.75, 3.05) is 28.2 Å². The van der Waals surface area contributed by atoms with E-state index in [9.17, 15) is 0 Å². The average Bonchev–Trinajstić information content (AvgIpc) is 2.97. The van der Waals surface area contributed by atoms with Gasteiger partial charge in [-0.25, -0.2) is 0 Å². The predicted molar refractivity (Wildman–Crippen MR) is 116 cm³/mol. The zero-order chi connectivity index (χ0) is 19.6. The number of likely N-dealkylation sites (N-methyl/N-ethyl adjacent to an activating group) is 1. The fourth-order valence-electron chi connectivity index (χ4n) is 7.57. The van der Waals surface area contributed by atoms with Crippen LogP contribution in [0.25, 0.3) is 0 Å². The molecule has 2 nitrogen and oxygen atoms in total. The normalized spacial score (nSPS) is 45.1. The van der Waals surface area contributed by atoms with Crippen LogP contribution in [-0.4, -0.2) is 50.1 Å². The summed E-state index contributed by atoms with van der Waals surface area (Å²) in [6.07, 6.45) is 15.0. The minimum Gasteiger partial charge on any atom is -0.306 e. The summed E-state index contributed by atoms with van der Waals surface area (Å²) in [6.45, 7) is 7.69. The van der Waals surface area contributed by atoms with Crippen molar-refractivity contribution in [3.8, 4) is 0 Å². The molecule has 0 aromatic heterocycles. The van der Waals surface area contributed by atoms with E-state index in [2.05, 4.69) is 70.9 Å². The monoisotopic (exact) mass is 370 g/mol. The van der Waals surface area contributed by atoms with E-state index in [4.69, 9.17) is 0 Å². The van der Waals surface area contributed by atoms with E-state index in [0.717, 1.165) is 17.8 Å². The van der Waals surface area contributed by atoms with Crippen molar-refractivity contribution in [1.29, 1.82) is 0 Å². The Morgan fingerprint density at radius 2 is 1.70 bits per heavy atom. The second kappa shape index (κ2) is 6.73. The third-order valence-electron chi connectivity index (χ3n) is 9.62. The fourth-order valence-corrected chi connectivity index (χ4v) is 7.57. The molecule has 4 aliphatic rings. The fraction of sp³-hybridized carbons (Fsp3) is 0.840. The van der Waals surface area contributed by atoms with Crippen molar-refractivity contribution in [2.45, 2.75) is 77.8 Å². The first-order chi connectivity index (χ1) is 12.7. The van der Waals surface area contributed by atoms with Gasteiger partial charge in [0.1, 0.15) is 0 Å². The van der Waals surface area contributed by atoms with Crippen molar-refractivity contribution in [2.24, 2.45) is 28.6 Å². The molecule has 0 aromatic rings. The summed E-state index contributed by atoms with van der Waals surface area (Å²) in [4.78, 5) is 4.87. The standard InChI is InChI=1S/C25H42N2/c1-17(26(4)5)21-10-11-22-20-9-8-18-16-19(27(6)7)12-14-24(18,2)23(20)13-15-25(21,22)3/h11,16-17,19-21,23H,8-10,12-15H2,1-7H3/t17?,19-,20?,21+,23?,24-,25+/m0/s1. The van der Waals surface area contributed by atoms with E-state index >= 15 is 0 Å². The van der Waals surface area contributed by atoms with Crippen molar-refractivity contribution < 1.29 is 0 Å². The number of rotatable bonds is 3. The van der Waals surface area contributed by atoms with Crippen molar-refractivity contribution in [1.82, 2.24) is 9.80 Å². The summed E-state index contributed by atoms with van der Waals surface area (Å²) in [5.74, 6) is 2.53. The highest BCUT2D eigenvalue weighted by atomic mass is 15.1. The van der Waals surface area contributed by atoms with E-state index in [-0.39, 0.29) is 0 Å². The number of fused-ring (bicyclic) bond motifs is 5. The largest absolute Gasteiger partial charge is 0.306 e. The Morgan fingerprint density at radius 1 is 1.00 bits per heavy atom. The van der Waals surface area contributed by atoms with E-state index in [1.165, 1.54) is 44.9 Å². The molecule has 0 radical (unpaired) electrons. The van der Waals surface area contributed by atoms with Crippen LogP contribution in [0, 0.1) is 28.6 Å². The molecule has 2 saturated carbocycles. The third-order valence-corrected chi connectivity index (χ3v) is 9.62. The molecular formula is C25H42N2. The minimum absolute atomic E-state index is 0.448. The lowest BCUT2D eigenvalue weighted by Crippen LogP contribution is -2.50. The molecule has 27 heavy (non-hydrogen) atoms. The van der Waals surface area contributed by atoms with Gasteiger partial charge in [-0.3, -0.25) is 0 Å². The van der Waals surface area contributed by atoms with Crippen LogP contribution >= 0.6 is 0 Å². The molecule has 0 saturated heterocycles. The second-order valence-corrected chi connectivity index (χ2v) is 11.1. The number of nitrogens with zero attached hydrogens (tertiary/aromatic N) is 2. The second-order valence-electron chi connectivity index (χ2n) is 11.1. The molecule has 4 aliphatic carbocycles. The quantitative estimate of drug-likeness (QED) is 0.617. The summed E-state index contributed by atoms with van der Waals surface area (Å²) in [5.41, 5.74) is 4.58. The van der Waals surface area contributed by atoms with E-state index < -0.39 is 0 Å². The van der Waals surface area contributed by atoms with Crippen LogP contribution in [0.15, 0.2) is 23.3 Å². The summed E-state index contributed by atoms with van der Waals surface area (Å²) >= 11 is 0. The minimum atomic E-state index is 0.448.